The van der Waals surface area contributed by atoms with Gasteiger partial charge in [0.25, 0.3) is 0 Å². The monoisotopic (exact) mass is 208 g/mol. The molecule has 0 aromatic heterocycles. The van der Waals surface area contributed by atoms with E-state index in [1.54, 1.807) is 0 Å². The second-order valence-electron chi connectivity index (χ2n) is 4.31. The second kappa shape index (κ2) is 4.77. The smallest absolute Gasteiger partial charge is 0.108 e. The highest BCUT2D eigenvalue weighted by molar-refractivity contribution is 5.20. The van der Waals surface area contributed by atoms with Gasteiger partial charge in [0.05, 0.1) is 5.60 Å². The molecule has 0 bridgehead atoms. The van der Waals surface area contributed by atoms with Crippen molar-refractivity contribution in [2.75, 3.05) is 0 Å². The Balaban J connectivity index is 2.97. The molecule has 15 heavy (non-hydrogen) atoms. The van der Waals surface area contributed by atoms with Crippen LogP contribution in [0.2, 0.25) is 0 Å². The van der Waals surface area contributed by atoms with Gasteiger partial charge < -0.3 is 10.2 Å². The van der Waals surface area contributed by atoms with Crippen LogP contribution in [-0.4, -0.2) is 15.8 Å². The van der Waals surface area contributed by atoms with Gasteiger partial charge in [-0.15, -0.1) is 0 Å². The minimum absolute atomic E-state index is 0.0257. The third-order valence-corrected chi connectivity index (χ3v) is 3.15. The summed E-state index contributed by atoms with van der Waals surface area (Å²) in [7, 11) is 0. The van der Waals surface area contributed by atoms with Crippen LogP contribution in [0, 0.1) is 5.92 Å². The number of aliphatic hydroxyl groups is 2. The molecule has 2 heteroatoms. The first kappa shape index (κ1) is 12.2. The fourth-order valence-electron chi connectivity index (χ4n) is 1.84. The Kier molecular flexibility index (Phi) is 3.89. The van der Waals surface area contributed by atoms with Gasteiger partial charge in [-0.3, -0.25) is 0 Å². The molecule has 0 heterocycles. The minimum atomic E-state index is -1.04. The lowest BCUT2D eigenvalue weighted by Gasteiger charge is -2.36. The van der Waals surface area contributed by atoms with Crippen LogP contribution in [0.5, 0.6) is 0 Å². The maximum atomic E-state index is 10.4. The van der Waals surface area contributed by atoms with Gasteiger partial charge in [0.15, 0.2) is 0 Å². The van der Waals surface area contributed by atoms with E-state index < -0.39 is 11.7 Å². The summed E-state index contributed by atoms with van der Waals surface area (Å²) in [5.41, 5.74) is -0.267. The van der Waals surface area contributed by atoms with E-state index in [1.807, 2.05) is 51.1 Å². The number of aliphatic hydroxyl groups excluding tert-OH is 1. The lowest BCUT2D eigenvalue weighted by atomic mass is 9.80. The van der Waals surface area contributed by atoms with E-state index >= 15 is 0 Å². The summed E-state index contributed by atoms with van der Waals surface area (Å²) in [5.74, 6) is 0.0257. The Morgan fingerprint density at radius 1 is 1.20 bits per heavy atom. The summed E-state index contributed by atoms with van der Waals surface area (Å²) >= 11 is 0. The van der Waals surface area contributed by atoms with Gasteiger partial charge in [-0.25, -0.2) is 0 Å². The molecule has 0 aliphatic heterocycles. The molecule has 0 amide bonds. The first-order valence-electron chi connectivity index (χ1n) is 5.47. The molecule has 0 radical (unpaired) electrons. The van der Waals surface area contributed by atoms with Crippen molar-refractivity contribution in [3.05, 3.63) is 35.9 Å². The van der Waals surface area contributed by atoms with Crippen molar-refractivity contribution in [3.8, 4) is 0 Å². The van der Waals surface area contributed by atoms with Crippen molar-refractivity contribution >= 4 is 0 Å². The van der Waals surface area contributed by atoms with Gasteiger partial charge in [-0.1, -0.05) is 51.1 Å². The molecule has 0 aliphatic rings. The second-order valence-corrected chi connectivity index (χ2v) is 4.31. The van der Waals surface area contributed by atoms with Crippen LogP contribution in [0.15, 0.2) is 30.3 Å². The van der Waals surface area contributed by atoms with E-state index in [4.69, 9.17) is 0 Å². The van der Waals surface area contributed by atoms with Crippen molar-refractivity contribution < 1.29 is 10.2 Å². The highest BCUT2D eigenvalue weighted by Crippen LogP contribution is 2.34. The van der Waals surface area contributed by atoms with Crippen molar-refractivity contribution in [3.63, 3.8) is 0 Å². The normalized spacial score (nSPS) is 17.5. The summed E-state index contributed by atoms with van der Waals surface area (Å²) in [5, 5.41) is 20.5. The maximum Gasteiger partial charge on any atom is 0.108 e. The van der Waals surface area contributed by atoms with E-state index in [-0.39, 0.29) is 5.92 Å². The van der Waals surface area contributed by atoms with Gasteiger partial charge >= 0.3 is 0 Å². The van der Waals surface area contributed by atoms with Gasteiger partial charge in [0.2, 0.25) is 0 Å². The highest BCUT2D eigenvalue weighted by atomic mass is 16.3. The molecule has 2 N–H and O–H groups in total. The molecule has 0 spiro atoms. The van der Waals surface area contributed by atoms with Crippen LogP contribution < -0.4 is 0 Å². The Bertz CT molecular complexity index is 295. The molecular weight excluding hydrogens is 188 g/mol. The third-order valence-electron chi connectivity index (χ3n) is 3.15. The molecule has 0 aliphatic carbocycles. The minimum Gasteiger partial charge on any atom is -0.387 e. The molecule has 1 aromatic carbocycles. The molecule has 2 nitrogen and oxygen atoms in total. The van der Waals surface area contributed by atoms with Crippen molar-refractivity contribution in [1.82, 2.24) is 0 Å². The Morgan fingerprint density at radius 2 is 1.73 bits per heavy atom. The van der Waals surface area contributed by atoms with Crippen molar-refractivity contribution in [1.29, 1.82) is 0 Å². The van der Waals surface area contributed by atoms with Gasteiger partial charge in [0.1, 0.15) is 6.10 Å². The number of hydrogen-bond donors (Lipinski definition) is 2. The largest absolute Gasteiger partial charge is 0.387 e. The molecule has 1 rings (SSSR count). The van der Waals surface area contributed by atoms with E-state index in [2.05, 4.69) is 0 Å². The third kappa shape index (κ3) is 2.39. The van der Waals surface area contributed by atoms with Crippen LogP contribution in [-0.2, 0) is 0 Å². The quantitative estimate of drug-likeness (QED) is 0.798. The molecule has 0 saturated carbocycles. The zero-order chi connectivity index (χ0) is 11.5. The van der Waals surface area contributed by atoms with E-state index in [0.29, 0.717) is 6.42 Å². The molecule has 2 atom stereocenters. The maximum absolute atomic E-state index is 10.4. The molecule has 0 unspecified atom stereocenters. The predicted octanol–water partition coefficient (Wildman–Crippen LogP) is 2.52. The van der Waals surface area contributed by atoms with Crippen molar-refractivity contribution in [2.45, 2.75) is 38.9 Å². The van der Waals surface area contributed by atoms with Crippen LogP contribution >= 0.6 is 0 Å². The molecule has 0 saturated heterocycles. The molecular formula is C13H20O2. The van der Waals surface area contributed by atoms with Crippen LogP contribution in [0.4, 0.5) is 0 Å². The molecule has 1 aromatic rings. The highest BCUT2D eigenvalue weighted by Gasteiger charge is 2.37. The Labute approximate surface area is 91.6 Å². The number of rotatable bonds is 4. The first-order chi connectivity index (χ1) is 7.02. The number of hydrogen-bond acceptors (Lipinski definition) is 2. The van der Waals surface area contributed by atoms with E-state index in [1.165, 1.54) is 0 Å². The average molecular weight is 208 g/mol. The predicted molar refractivity (Wildman–Crippen MR) is 61.5 cm³/mol. The molecule has 0 fully saturated rings. The standard InChI is InChI=1S/C13H20O2/c1-4-13(15,10(2)3)12(14)11-8-6-5-7-9-11/h5-10,12,14-15H,4H2,1-3H3/t12-,13+/m1/s1. The zero-order valence-electron chi connectivity index (χ0n) is 9.64. The molecule has 84 valence electrons. The van der Waals surface area contributed by atoms with Gasteiger partial charge in [-0.2, -0.15) is 0 Å². The van der Waals surface area contributed by atoms with E-state index in [0.717, 1.165) is 5.56 Å². The zero-order valence-corrected chi connectivity index (χ0v) is 9.64. The SMILES string of the molecule is CC[C@](O)(C(C)C)[C@H](O)c1ccccc1. The topological polar surface area (TPSA) is 40.5 Å². The average Bonchev–Trinajstić information content (AvgIpc) is 2.28. The summed E-state index contributed by atoms with van der Waals surface area (Å²) in [6, 6.07) is 9.32. The van der Waals surface area contributed by atoms with Crippen molar-refractivity contribution in [2.24, 2.45) is 5.92 Å². The summed E-state index contributed by atoms with van der Waals surface area (Å²) in [6.45, 7) is 5.75. The lowest BCUT2D eigenvalue weighted by Crippen LogP contribution is -2.41. The summed E-state index contributed by atoms with van der Waals surface area (Å²) in [6.07, 6.45) is -0.274. The number of benzene rings is 1. The first-order valence-corrected chi connectivity index (χ1v) is 5.47. The summed E-state index contributed by atoms with van der Waals surface area (Å²) in [4.78, 5) is 0. The van der Waals surface area contributed by atoms with Crippen LogP contribution in [0.25, 0.3) is 0 Å². The Hall–Kier alpha value is -0.860. The van der Waals surface area contributed by atoms with Gasteiger partial charge in [-0.05, 0) is 17.9 Å². The van der Waals surface area contributed by atoms with Gasteiger partial charge in [0, 0.05) is 0 Å². The van der Waals surface area contributed by atoms with Crippen LogP contribution in [0.1, 0.15) is 38.9 Å². The Morgan fingerprint density at radius 3 is 2.13 bits per heavy atom. The van der Waals surface area contributed by atoms with E-state index in [9.17, 15) is 10.2 Å². The van der Waals surface area contributed by atoms with Crippen LogP contribution in [0.3, 0.4) is 0 Å². The fraction of sp³-hybridized carbons (Fsp3) is 0.538. The fourth-order valence-corrected chi connectivity index (χ4v) is 1.84. The lowest BCUT2D eigenvalue weighted by molar-refractivity contribution is -0.110. The summed E-state index contributed by atoms with van der Waals surface area (Å²) < 4.78 is 0.